The molecule has 108 valence electrons. The third-order valence-corrected chi connectivity index (χ3v) is 3.96. The Kier molecular flexibility index (Phi) is 5.44. The summed E-state index contributed by atoms with van der Waals surface area (Å²) in [6.45, 7) is 10.1. The average molecular weight is 263 g/mol. The van der Waals surface area contributed by atoms with Crippen molar-refractivity contribution in [1.82, 2.24) is 14.9 Å². The molecule has 1 heterocycles. The third-order valence-electron chi connectivity index (χ3n) is 3.96. The van der Waals surface area contributed by atoms with Crippen molar-refractivity contribution in [2.75, 3.05) is 13.1 Å². The van der Waals surface area contributed by atoms with Crippen LogP contribution in [0.5, 0.6) is 0 Å². The maximum Gasteiger partial charge on any atom is 0.106 e. The average Bonchev–Trinajstić information content (AvgIpc) is 2.69. The molecule has 3 heteroatoms. The lowest BCUT2D eigenvalue weighted by molar-refractivity contribution is 0.509. The summed E-state index contributed by atoms with van der Waals surface area (Å²) in [6, 6.07) is 0. The molecule has 3 nitrogen and oxygen atoms in total. The van der Waals surface area contributed by atoms with E-state index in [1.54, 1.807) is 0 Å². The van der Waals surface area contributed by atoms with Crippen molar-refractivity contribution < 1.29 is 0 Å². The van der Waals surface area contributed by atoms with Crippen LogP contribution in [0.3, 0.4) is 0 Å². The maximum absolute atomic E-state index is 4.74. The van der Waals surface area contributed by atoms with E-state index in [9.17, 15) is 0 Å². The van der Waals surface area contributed by atoms with Gasteiger partial charge in [0.15, 0.2) is 0 Å². The zero-order chi connectivity index (χ0) is 13.7. The van der Waals surface area contributed by atoms with Gasteiger partial charge in [-0.1, -0.05) is 13.8 Å². The maximum atomic E-state index is 4.74. The number of imidazole rings is 1. The summed E-state index contributed by atoms with van der Waals surface area (Å²) in [7, 11) is 0. The van der Waals surface area contributed by atoms with Crippen molar-refractivity contribution in [3.05, 3.63) is 17.2 Å². The standard InChI is InChI=1S/C16H29N3/c1-13(2)12-17-10-6-7-11-19-14(3)18-15-8-4-5-9-16(15)19/h13,17H,4-12H2,1-3H3. The van der Waals surface area contributed by atoms with Crippen molar-refractivity contribution in [1.29, 1.82) is 0 Å². The molecule has 1 N–H and O–H groups in total. The number of nitrogens with zero attached hydrogens (tertiary/aromatic N) is 2. The summed E-state index contributed by atoms with van der Waals surface area (Å²) < 4.78 is 2.47. The van der Waals surface area contributed by atoms with E-state index in [1.807, 2.05) is 0 Å². The zero-order valence-corrected chi connectivity index (χ0v) is 12.8. The Labute approximate surface area is 117 Å². The first-order valence-electron chi connectivity index (χ1n) is 7.94. The number of aryl methyl sites for hydroxylation is 2. The van der Waals surface area contributed by atoms with Crippen LogP contribution < -0.4 is 5.32 Å². The molecule has 0 radical (unpaired) electrons. The Morgan fingerprint density at radius 2 is 2.00 bits per heavy atom. The first kappa shape index (κ1) is 14.6. The predicted molar refractivity (Wildman–Crippen MR) is 80.5 cm³/mol. The highest BCUT2D eigenvalue weighted by Crippen LogP contribution is 2.22. The van der Waals surface area contributed by atoms with Crippen molar-refractivity contribution in [2.45, 2.75) is 65.8 Å². The van der Waals surface area contributed by atoms with Crippen molar-refractivity contribution in [3.63, 3.8) is 0 Å². The van der Waals surface area contributed by atoms with E-state index in [1.165, 1.54) is 55.7 Å². The Hall–Kier alpha value is -0.830. The second kappa shape index (κ2) is 7.09. The van der Waals surface area contributed by atoms with Crippen molar-refractivity contribution in [2.24, 2.45) is 5.92 Å². The number of hydrogen-bond donors (Lipinski definition) is 1. The van der Waals surface area contributed by atoms with Crippen LogP contribution in [0.2, 0.25) is 0 Å². The Morgan fingerprint density at radius 3 is 2.79 bits per heavy atom. The highest BCUT2D eigenvalue weighted by molar-refractivity contribution is 5.19. The zero-order valence-electron chi connectivity index (χ0n) is 12.8. The van der Waals surface area contributed by atoms with Gasteiger partial charge < -0.3 is 9.88 Å². The molecule has 0 unspecified atom stereocenters. The van der Waals surface area contributed by atoms with Crippen LogP contribution in [0, 0.1) is 12.8 Å². The van der Waals surface area contributed by atoms with Gasteiger partial charge in [-0.3, -0.25) is 0 Å². The Morgan fingerprint density at radius 1 is 1.21 bits per heavy atom. The van der Waals surface area contributed by atoms with Gasteiger partial charge in [0.05, 0.1) is 5.69 Å². The van der Waals surface area contributed by atoms with Gasteiger partial charge in [-0.15, -0.1) is 0 Å². The summed E-state index contributed by atoms with van der Waals surface area (Å²) in [5.41, 5.74) is 2.90. The fourth-order valence-corrected chi connectivity index (χ4v) is 2.94. The van der Waals surface area contributed by atoms with Crippen LogP contribution in [-0.4, -0.2) is 22.6 Å². The number of rotatable bonds is 7. The van der Waals surface area contributed by atoms with Gasteiger partial charge in [0, 0.05) is 12.2 Å². The van der Waals surface area contributed by atoms with Crippen LogP contribution in [0.4, 0.5) is 0 Å². The molecule has 1 aromatic rings. The van der Waals surface area contributed by atoms with E-state index in [4.69, 9.17) is 4.98 Å². The van der Waals surface area contributed by atoms with Crippen molar-refractivity contribution in [3.8, 4) is 0 Å². The van der Waals surface area contributed by atoms with Gasteiger partial charge in [0.2, 0.25) is 0 Å². The summed E-state index contributed by atoms with van der Waals surface area (Å²) in [4.78, 5) is 4.74. The second-order valence-corrected chi connectivity index (χ2v) is 6.22. The third kappa shape index (κ3) is 4.07. The van der Waals surface area contributed by atoms with E-state index in [2.05, 4.69) is 30.7 Å². The fourth-order valence-electron chi connectivity index (χ4n) is 2.94. The Bertz CT molecular complexity index is 393. The van der Waals surface area contributed by atoms with Crippen molar-refractivity contribution >= 4 is 0 Å². The van der Waals surface area contributed by atoms with E-state index < -0.39 is 0 Å². The quantitative estimate of drug-likeness (QED) is 0.766. The molecule has 0 bridgehead atoms. The molecular weight excluding hydrogens is 234 g/mol. The van der Waals surface area contributed by atoms with Crippen LogP contribution in [0.15, 0.2) is 0 Å². The highest BCUT2D eigenvalue weighted by Gasteiger charge is 2.17. The van der Waals surface area contributed by atoms with E-state index in [-0.39, 0.29) is 0 Å². The molecule has 0 saturated carbocycles. The molecule has 19 heavy (non-hydrogen) atoms. The number of hydrogen-bond acceptors (Lipinski definition) is 2. The normalized spacial score (nSPS) is 14.9. The fraction of sp³-hybridized carbons (Fsp3) is 0.812. The number of nitrogens with one attached hydrogen (secondary N) is 1. The summed E-state index contributed by atoms with van der Waals surface area (Å²) in [5.74, 6) is 1.98. The van der Waals surface area contributed by atoms with Crippen LogP contribution in [0.1, 0.15) is 56.7 Å². The van der Waals surface area contributed by atoms with Gasteiger partial charge in [0.1, 0.15) is 5.82 Å². The lowest BCUT2D eigenvalue weighted by atomic mass is 10.0. The number of unbranched alkanes of at least 4 members (excludes halogenated alkanes) is 1. The van der Waals surface area contributed by atoms with Gasteiger partial charge in [-0.2, -0.15) is 0 Å². The van der Waals surface area contributed by atoms with Gasteiger partial charge in [-0.05, 0) is 64.5 Å². The molecular formula is C16H29N3. The summed E-state index contributed by atoms with van der Waals surface area (Å²) in [5, 5.41) is 3.52. The minimum absolute atomic E-state index is 0.753. The Balaban J connectivity index is 1.75. The van der Waals surface area contributed by atoms with E-state index >= 15 is 0 Å². The van der Waals surface area contributed by atoms with Gasteiger partial charge >= 0.3 is 0 Å². The minimum atomic E-state index is 0.753. The molecule has 1 aromatic heterocycles. The van der Waals surface area contributed by atoms with Crippen LogP contribution >= 0.6 is 0 Å². The predicted octanol–water partition coefficient (Wildman–Crippen LogP) is 3.10. The molecule has 0 amide bonds. The topological polar surface area (TPSA) is 29.9 Å². The number of aromatic nitrogens is 2. The molecule has 1 aliphatic rings. The highest BCUT2D eigenvalue weighted by atomic mass is 15.1. The monoisotopic (exact) mass is 263 g/mol. The SMILES string of the molecule is Cc1nc2c(n1CCCCNCC(C)C)CCCC2. The smallest absolute Gasteiger partial charge is 0.106 e. The molecule has 0 fully saturated rings. The summed E-state index contributed by atoms with van der Waals surface area (Å²) in [6.07, 6.45) is 7.62. The van der Waals surface area contributed by atoms with E-state index in [0.717, 1.165) is 25.6 Å². The second-order valence-electron chi connectivity index (χ2n) is 6.22. The molecule has 1 aliphatic carbocycles. The molecule has 0 spiro atoms. The van der Waals surface area contributed by atoms with Gasteiger partial charge in [-0.25, -0.2) is 4.98 Å². The van der Waals surface area contributed by atoms with Crippen LogP contribution in [0.25, 0.3) is 0 Å². The van der Waals surface area contributed by atoms with Gasteiger partial charge in [0.25, 0.3) is 0 Å². The number of fused-ring (bicyclic) bond motifs is 1. The largest absolute Gasteiger partial charge is 0.332 e. The molecule has 0 atom stereocenters. The molecule has 0 aliphatic heterocycles. The molecule has 2 rings (SSSR count). The molecule has 0 saturated heterocycles. The van der Waals surface area contributed by atoms with Crippen LogP contribution in [-0.2, 0) is 19.4 Å². The summed E-state index contributed by atoms with van der Waals surface area (Å²) >= 11 is 0. The first-order chi connectivity index (χ1) is 9.18. The lowest BCUT2D eigenvalue weighted by Crippen LogP contribution is -2.21. The lowest BCUT2D eigenvalue weighted by Gasteiger charge is -2.15. The van der Waals surface area contributed by atoms with E-state index in [0.29, 0.717) is 0 Å². The minimum Gasteiger partial charge on any atom is -0.332 e. The first-order valence-corrected chi connectivity index (χ1v) is 7.94. The molecule has 0 aromatic carbocycles.